The van der Waals surface area contributed by atoms with Crippen molar-refractivity contribution < 1.29 is 8.83 Å². The molecule has 8 aromatic rings. The molecular weight excluding hydrogens is 506 g/mol. The maximum atomic E-state index is 6.32. The quantitative estimate of drug-likeness (QED) is 0.231. The number of hydrogen-bond donors (Lipinski definition) is 0. The van der Waals surface area contributed by atoms with Crippen LogP contribution in [0.25, 0.3) is 78.0 Å². The number of para-hydroxylation sites is 3. The number of benzene rings is 5. The molecule has 184 valence electrons. The molecule has 0 aliphatic heterocycles. The highest BCUT2D eigenvalue weighted by atomic mass is 35.5. The number of rotatable bonds is 3. The van der Waals surface area contributed by atoms with E-state index in [2.05, 4.69) is 12.1 Å². The lowest BCUT2D eigenvalue weighted by Crippen LogP contribution is -2.00. The van der Waals surface area contributed by atoms with Gasteiger partial charge >= 0.3 is 0 Å². The first-order valence-corrected chi connectivity index (χ1v) is 12.9. The molecule has 0 atom stereocenters. The van der Waals surface area contributed by atoms with Crippen LogP contribution in [0.15, 0.2) is 118 Å². The van der Waals surface area contributed by atoms with Crippen molar-refractivity contribution in [2.45, 2.75) is 0 Å². The lowest BCUT2D eigenvalue weighted by Gasteiger charge is -2.09. The van der Waals surface area contributed by atoms with Crippen LogP contribution in [0.1, 0.15) is 0 Å². The molecule has 3 heterocycles. The molecule has 0 amide bonds. The van der Waals surface area contributed by atoms with Crippen LogP contribution in [0, 0.1) is 0 Å². The standard InChI is InChI=1S/C33H18ClN3O2/c34-20-16-17-28-26(18-20)23-12-7-14-25(30(23)39-28)33-36-31(19-8-2-1-3-9-19)35-32(37-33)24-13-6-11-22-21-10-4-5-15-27(21)38-29(22)24/h1-18H. The molecule has 0 N–H and O–H groups in total. The lowest BCUT2D eigenvalue weighted by atomic mass is 10.1. The summed E-state index contributed by atoms with van der Waals surface area (Å²) in [5, 5.41) is 4.63. The summed E-state index contributed by atoms with van der Waals surface area (Å²) in [4.78, 5) is 14.8. The van der Waals surface area contributed by atoms with Gasteiger partial charge in [0, 0.05) is 32.1 Å². The molecular formula is C33H18ClN3O2. The molecule has 6 heteroatoms. The molecule has 0 fully saturated rings. The molecule has 0 bridgehead atoms. The molecule has 39 heavy (non-hydrogen) atoms. The van der Waals surface area contributed by atoms with Crippen LogP contribution in [-0.4, -0.2) is 15.0 Å². The van der Waals surface area contributed by atoms with E-state index in [1.807, 2.05) is 97.1 Å². The molecule has 0 unspecified atom stereocenters. The van der Waals surface area contributed by atoms with Crippen LogP contribution in [-0.2, 0) is 0 Å². The van der Waals surface area contributed by atoms with Gasteiger partial charge in [-0.25, -0.2) is 15.0 Å². The van der Waals surface area contributed by atoms with Gasteiger partial charge in [-0.2, -0.15) is 0 Å². The minimum Gasteiger partial charge on any atom is -0.455 e. The highest BCUT2D eigenvalue weighted by Crippen LogP contribution is 2.38. The smallest absolute Gasteiger partial charge is 0.167 e. The summed E-state index contributed by atoms with van der Waals surface area (Å²) in [6.45, 7) is 0. The predicted octanol–water partition coefficient (Wildman–Crippen LogP) is 9.32. The van der Waals surface area contributed by atoms with E-state index in [-0.39, 0.29) is 0 Å². The normalized spacial score (nSPS) is 11.7. The minimum atomic E-state index is 0.516. The van der Waals surface area contributed by atoms with E-state index in [0.717, 1.165) is 55.0 Å². The Morgan fingerprint density at radius 3 is 1.74 bits per heavy atom. The van der Waals surface area contributed by atoms with Crippen molar-refractivity contribution in [3.05, 3.63) is 114 Å². The first-order chi connectivity index (χ1) is 19.2. The topological polar surface area (TPSA) is 65.0 Å². The van der Waals surface area contributed by atoms with Crippen LogP contribution in [0.4, 0.5) is 0 Å². The molecule has 5 aromatic carbocycles. The number of aromatic nitrogens is 3. The SMILES string of the molecule is Clc1ccc2oc3c(-c4nc(-c5ccccc5)nc(-c5cccc6c5oc5ccccc56)n4)cccc3c2c1. The number of halogens is 1. The fourth-order valence-corrected chi connectivity index (χ4v) is 5.38. The Labute approximate surface area is 227 Å². The van der Waals surface area contributed by atoms with E-state index >= 15 is 0 Å². The molecule has 0 aliphatic rings. The summed E-state index contributed by atoms with van der Waals surface area (Å²) < 4.78 is 12.6. The summed E-state index contributed by atoms with van der Waals surface area (Å²) in [7, 11) is 0. The van der Waals surface area contributed by atoms with E-state index < -0.39 is 0 Å². The van der Waals surface area contributed by atoms with Crippen molar-refractivity contribution in [1.29, 1.82) is 0 Å². The third-order valence-electron chi connectivity index (χ3n) is 7.01. The highest BCUT2D eigenvalue weighted by Gasteiger charge is 2.20. The molecule has 0 spiro atoms. The predicted molar refractivity (Wildman–Crippen MR) is 156 cm³/mol. The van der Waals surface area contributed by atoms with Gasteiger partial charge in [0.25, 0.3) is 0 Å². The van der Waals surface area contributed by atoms with Gasteiger partial charge < -0.3 is 8.83 Å². The number of furan rings is 2. The fraction of sp³-hybridized carbons (Fsp3) is 0. The van der Waals surface area contributed by atoms with Crippen molar-refractivity contribution in [2.24, 2.45) is 0 Å². The Kier molecular flexibility index (Phi) is 4.81. The Balaban J connectivity index is 1.42. The van der Waals surface area contributed by atoms with E-state index in [9.17, 15) is 0 Å². The largest absolute Gasteiger partial charge is 0.455 e. The zero-order valence-electron chi connectivity index (χ0n) is 20.4. The van der Waals surface area contributed by atoms with E-state index in [1.54, 1.807) is 0 Å². The molecule has 0 radical (unpaired) electrons. The monoisotopic (exact) mass is 523 g/mol. The van der Waals surface area contributed by atoms with Gasteiger partial charge in [-0.1, -0.05) is 84.4 Å². The minimum absolute atomic E-state index is 0.516. The Morgan fingerprint density at radius 2 is 1.03 bits per heavy atom. The highest BCUT2D eigenvalue weighted by molar-refractivity contribution is 6.31. The molecule has 8 rings (SSSR count). The summed E-state index contributed by atoms with van der Waals surface area (Å²) in [5.74, 6) is 1.61. The van der Waals surface area contributed by atoms with Crippen molar-refractivity contribution in [2.75, 3.05) is 0 Å². The average Bonchev–Trinajstić information content (AvgIpc) is 3.55. The van der Waals surface area contributed by atoms with Gasteiger partial charge in [0.05, 0.1) is 11.1 Å². The van der Waals surface area contributed by atoms with Crippen LogP contribution in [0.2, 0.25) is 5.02 Å². The van der Waals surface area contributed by atoms with Gasteiger partial charge in [0.1, 0.15) is 22.3 Å². The third-order valence-corrected chi connectivity index (χ3v) is 7.25. The maximum Gasteiger partial charge on any atom is 0.167 e. The molecule has 3 aromatic heterocycles. The van der Waals surface area contributed by atoms with Crippen molar-refractivity contribution in [1.82, 2.24) is 15.0 Å². The summed E-state index contributed by atoms with van der Waals surface area (Å²) in [6, 6.07) is 35.6. The Bertz CT molecular complexity index is 2200. The Hall–Kier alpha value is -5.00. The van der Waals surface area contributed by atoms with Gasteiger partial charge in [-0.05, 0) is 36.4 Å². The molecule has 5 nitrogen and oxygen atoms in total. The second kappa shape index (κ2) is 8.51. The van der Waals surface area contributed by atoms with Crippen molar-refractivity contribution in [3.8, 4) is 34.2 Å². The van der Waals surface area contributed by atoms with E-state index in [1.165, 1.54) is 0 Å². The average molecular weight is 524 g/mol. The van der Waals surface area contributed by atoms with Gasteiger partial charge in [0.15, 0.2) is 17.5 Å². The second-order valence-electron chi connectivity index (χ2n) is 9.38. The lowest BCUT2D eigenvalue weighted by molar-refractivity contribution is 0.669. The summed E-state index contributed by atoms with van der Waals surface area (Å²) in [6.07, 6.45) is 0. The van der Waals surface area contributed by atoms with Gasteiger partial charge in [-0.15, -0.1) is 0 Å². The Morgan fingerprint density at radius 1 is 0.462 bits per heavy atom. The zero-order chi connectivity index (χ0) is 25.9. The number of nitrogens with zero attached hydrogens (tertiary/aromatic N) is 3. The van der Waals surface area contributed by atoms with Gasteiger partial charge in [0.2, 0.25) is 0 Å². The van der Waals surface area contributed by atoms with E-state index in [4.69, 9.17) is 35.4 Å². The van der Waals surface area contributed by atoms with Crippen LogP contribution >= 0.6 is 11.6 Å². The van der Waals surface area contributed by atoms with Gasteiger partial charge in [-0.3, -0.25) is 0 Å². The number of fused-ring (bicyclic) bond motifs is 6. The third kappa shape index (κ3) is 3.51. The molecule has 0 saturated heterocycles. The summed E-state index contributed by atoms with van der Waals surface area (Å²) >= 11 is 6.30. The number of hydrogen-bond acceptors (Lipinski definition) is 5. The maximum absolute atomic E-state index is 6.32. The van der Waals surface area contributed by atoms with Crippen molar-refractivity contribution in [3.63, 3.8) is 0 Å². The molecule has 0 aliphatic carbocycles. The van der Waals surface area contributed by atoms with Crippen LogP contribution in [0.5, 0.6) is 0 Å². The van der Waals surface area contributed by atoms with Crippen LogP contribution < -0.4 is 0 Å². The second-order valence-corrected chi connectivity index (χ2v) is 9.81. The molecule has 0 saturated carbocycles. The first kappa shape index (κ1) is 22.0. The van der Waals surface area contributed by atoms with E-state index in [0.29, 0.717) is 28.1 Å². The van der Waals surface area contributed by atoms with Crippen molar-refractivity contribution >= 4 is 55.5 Å². The van der Waals surface area contributed by atoms with Crippen LogP contribution in [0.3, 0.4) is 0 Å². The first-order valence-electron chi connectivity index (χ1n) is 12.6. The zero-order valence-corrected chi connectivity index (χ0v) is 21.2. The fourth-order valence-electron chi connectivity index (χ4n) is 5.20. The summed E-state index contributed by atoms with van der Waals surface area (Å²) in [5.41, 5.74) is 5.49.